The lowest BCUT2D eigenvalue weighted by Gasteiger charge is -2.38. The first-order valence-corrected chi connectivity index (χ1v) is 24.4. The van der Waals surface area contributed by atoms with Gasteiger partial charge in [-0.2, -0.15) is 0 Å². The first kappa shape index (κ1) is 46.4. The molecule has 2 aromatic heterocycles. The zero-order valence-electron chi connectivity index (χ0n) is 39.5. The number of hydrogen-bond donors (Lipinski definition) is 4. The number of benzene rings is 3. The Morgan fingerprint density at radius 1 is 0.912 bits per heavy atom. The Morgan fingerprint density at radius 2 is 1.74 bits per heavy atom. The van der Waals surface area contributed by atoms with Gasteiger partial charge in [0.1, 0.15) is 29.2 Å². The van der Waals surface area contributed by atoms with Crippen LogP contribution in [0.5, 0.6) is 17.2 Å². The first-order valence-electron chi connectivity index (χ1n) is 24.4. The van der Waals surface area contributed by atoms with E-state index in [0.29, 0.717) is 50.3 Å². The average molecular weight is 917 g/mol. The summed E-state index contributed by atoms with van der Waals surface area (Å²) in [6, 6.07) is 18.5. The highest BCUT2D eigenvalue weighted by molar-refractivity contribution is 5.95. The molecule has 5 aromatic rings. The van der Waals surface area contributed by atoms with Crippen molar-refractivity contribution < 1.29 is 34.1 Å². The molecule has 68 heavy (non-hydrogen) atoms. The molecule has 0 amide bonds. The van der Waals surface area contributed by atoms with E-state index >= 15 is 0 Å². The number of anilines is 1. The normalized spacial score (nSPS) is 23.7. The monoisotopic (exact) mass is 916 g/mol. The molecule has 4 bridgehead atoms. The summed E-state index contributed by atoms with van der Waals surface area (Å²) >= 11 is 0. The van der Waals surface area contributed by atoms with Gasteiger partial charge >= 0.3 is 5.97 Å². The van der Waals surface area contributed by atoms with Crippen LogP contribution in [0.25, 0.3) is 10.8 Å². The smallest absolute Gasteiger partial charge is 0.302 e. The molecule has 0 saturated heterocycles. The van der Waals surface area contributed by atoms with Crippen molar-refractivity contribution in [2.45, 2.75) is 103 Å². The largest absolute Gasteiger partial charge is 0.508 e. The predicted octanol–water partition coefficient (Wildman–Crippen LogP) is 10.7. The minimum Gasteiger partial charge on any atom is -0.508 e. The van der Waals surface area contributed by atoms with Crippen molar-refractivity contribution in [1.82, 2.24) is 14.9 Å². The van der Waals surface area contributed by atoms with Crippen LogP contribution >= 0.6 is 0 Å². The molecular weight excluding hydrogens is 853 g/mol. The molecule has 1 fully saturated rings. The molecule has 4 heterocycles. The third kappa shape index (κ3) is 10.1. The van der Waals surface area contributed by atoms with Gasteiger partial charge in [0, 0.05) is 86.7 Å². The van der Waals surface area contributed by atoms with E-state index in [1.54, 1.807) is 18.2 Å². The molecule has 4 N–H and O–H groups in total. The van der Waals surface area contributed by atoms with Crippen LogP contribution in [0.1, 0.15) is 106 Å². The Kier molecular flexibility index (Phi) is 13.8. The second-order valence-electron chi connectivity index (χ2n) is 19.4. The number of ether oxygens (including phenoxy) is 2. The number of dihydropyridines is 1. The zero-order valence-corrected chi connectivity index (χ0v) is 39.5. The summed E-state index contributed by atoms with van der Waals surface area (Å²) < 4.78 is 13.6. The molecule has 2 aliphatic heterocycles. The van der Waals surface area contributed by atoms with Crippen molar-refractivity contribution in [1.29, 1.82) is 0 Å². The predicted molar refractivity (Wildman–Crippen MR) is 266 cm³/mol. The maximum absolute atomic E-state index is 14.6. The second kappa shape index (κ2) is 20.2. The minimum atomic E-state index is -0.643. The van der Waals surface area contributed by atoms with E-state index in [1.807, 2.05) is 24.3 Å². The first-order chi connectivity index (χ1) is 33.0. The van der Waals surface area contributed by atoms with Crippen LogP contribution in [0.15, 0.2) is 133 Å². The SMILES string of the molecule is COc1cc([C@@H]2CC(=O)C[C@H](OC(C)=O)CC[C@@]3(C=CC=C[C@@H]3C)Cc3c[nH]cc3C[C@@H](c3cccc(O)c3)C3=CCNC(=C3)N(CCC(=O)C3CCCC3)c3cccc4cn2cc34)ccc1O. The lowest BCUT2D eigenvalue weighted by atomic mass is 9.66. The van der Waals surface area contributed by atoms with E-state index in [-0.39, 0.29) is 53.3 Å². The van der Waals surface area contributed by atoms with E-state index in [0.717, 1.165) is 71.1 Å². The molecule has 0 unspecified atom stereocenters. The third-order valence-corrected chi connectivity index (χ3v) is 15.1. The highest BCUT2D eigenvalue weighted by Crippen LogP contribution is 2.45. The number of phenols is 2. The minimum absolute atomic E-state index is 0.00235. The second-order valence-corrected chi connectivity index (χ2v) is 19.4. The number of nitrogens with one attached hydrogen (secondary N) is 2. The van der Waals surface area contributed by atoms with E-state index in [2.05, 4.69) is 106 Å². The van der Waals surface area contributed by atoms with Gasteiger partial charge in [0.25, 0.3) is 0 Å². The molecule has 1 spiro atoms. The van der Waals surface area contributed by atoms with Crippen molar-refractivity contribution >= 4 is 34.0 Å². The van der Waals surface area contributed by atoms with E-state index in [4.69, 9.17) is 9.47 Å². The number of esters is 1. The number of ketones is 2. The van der Waals surface area contributed by atoms with Crippen LogP contribution in [0.4, 0.5) is 5.69 Å². The lowest BCUT2D eigenvalue weighted by Crippen LogP contribution is -2.36. The molecule has 4 aliphatic rings. The van der Waals surface area contributed by atoms with Gasteiger partial charge in [0.2, 0.25) is 0 Å². The maximum Gasteiger partial charge on any atom is 0.302 e. The Morgan fingerprint density at radius 3 is 2.53 bits per heavy atom. The number of allylic oxidation sites excluding steroid dienone is 6. The number of aromatic amines is 1. The molecule has 11 nitrogen and oxygen atoms in total. The molecule has 0 radical (unpaired) electrons. The average Bonchev–Trinajstić information content (AvgIpc) is 4.13. The number of fused-ring (bicyclic) bond motifs is 3. The van der Waals surface area contributed by atoms with Gasteiger partial charge in [-0.15, -0.1) is 0 Å². The highest BCUT2D eigenvalue weighted by atomic mass is 16.5. The van der Waals surface area contributed by atoms with Crippen molar-refractivity contribution in [3.8, 4) is 17.2 Å². The van der Waals surface area contributed by atoms with Crippen molar-refractivity contribution in [3.63, 3.8) is 0 Å². The summed E-state index contributed by atoms with van der Waals surface area (Å²) in [5.74, 6) is 1.30. The number of aromatic hydroxyl groups is 2. The molecule has 9 rings (SSSR count). The van der Waals surface area contributed by atoms with Crippen LogP contribution in [0.3, 0.4) is 0 Å². The van der Waals surface area contributed by atoms with Gasteiger partial charge in [0.05, 0.1) is 18.8 Å². The van der Waals surface area contributed by atoms with E-state index in [1.165, 1.54) is 25.2 Å². The number of aromatic nitrogens is 2. The topological polar surface area (TPSA) is 146 Å². The van der Waals surface area contributed by atoms with Gasteiger partial charge in [-0.3, -0.25) is 14.4 Å². The summed E-state index contributed by atoms with van der Waals surface area (Å²) in [4.78, 5) is 46.9. The van der Waals surface area contributed by atoms with Crippen molar-refractivity contribution in [2.75, 3.05) is 25.1 Å². The fourth-order valence-electron chi connectivity index (χ4n) is 11.3. The summed E-state index contributed by atoms with van der Waals surface area (Å²) in [5, 5.41) is 27.2. The molecule has 1 saturated carbocycles. The number of H-pyrrole nitrogens is 1. The van der Waals surface area contributed by atoms with Crippen LogP contribution in [0.2, 0.25) is 0 Å². The van der Waals surface area contributed by atoms with Crippen LogP contribution in [-0.2, 0) is 32.0 Å². The van der Waals surface area contributed by atoms with Crippen LogP contribution in [0, 0.1) is 17.3 Å². The Bertz CT molecular complexity index is 2790. The summed E-state index contributed by atoms with van der Waals surface area (Å²) in [7, 11) is 1.51. The van der Waals surface area contributed by atoms with Gasteiger partial charge in [0.15, 0.2) is 11.5 Å². The van der Waals surface area contributed by atoms with Crippen molar-refractivity contribution in [2.24, 2.45) is 17.3 Å². The summed E-state index contributed by atoms with van der Waals surface area (Å²) in [6.45, 7) is 4.66. The van der Waals surface area contributed by atoms with Gasteiger partial charge in [-0.25, -0.2) is 0 Å². The highest BCUT2D eigenvalue weighted by Gasteiger charge is 2.37. The molecule has 2 aliphatic carbocycles. The molecule has 354 valence electrons. The summed E-state index contributed by atoms with van der Waals surface area (Å²) in [6.07, 6.45) is 28.0. The molecular formula is C57H64N4O7. The number of rotatable bonds is 8. The number of Topliss-reactive ketones (excluding diaryl/α,β-unsaturated/α-hetero) is 2. The fourth-order valence-corrected chi connectivity index (χ4v) is 11.3. The van der Waals surface area contributed by atoms with Gasteiger partial charge in [-0.05, 0) is 114 Å². The number of phenolic OH excluding ortho intramolecular Hbond substituents is 2. The molecule has 11 heteroatoms. The number of hydrogen-bond acceptors (Lipinski definition) is 9. The zero-order chi connectivity index (χ0) is 47.4. The van der Waals surface area contributed by atoms with Crippen LogP contribution < -0.4 is 15.0 Å². The number of methoxy groups -OCH3 is 1. The lowest BCUT2D eigenvalue weighted by molar-refractivity contribution is -0.148. The van der Waals surface area contributed by atoms with E-state index < -0.39 is 18.1 Å². The van der Waals surface area contributed by atoms with E-state index in [9.17, 15) is 24.6 Å². The number of nitrogens with zero attached hydrogens (tertiary/aromatic N) is 2. The maximum atomic E-state index is 14.6. The summed E-state index contributed by atoms with van der Waals surface area (Å²) in [5.41, 5.74) is 5.81. The fraction of sp³-hybridized carbons (Fsp3) is 0.386. The van der Waals surface area contributed by atoms with Gasteiger partial charge in [-0.1, -0.05) is 80.5 Å². The third-order valence-electron chi connectivity index (χ3n) is 15.1. The molecule has 5 atom stereocenters. The number of carbonyl (C=O) groups is 3. The molecule has 3 aromatic carbocycles. The number of carbonyl (C=O) groups excluding carboxylic acids is 3. The Labute approximate surface area is 399 Å². The Balaban J connectivity index is 1.20. The quantitative estimate of drug-likeness (QED) is 0.112. The van der Waals surface area contributed by atoms with Gasteiger partial charge < -0.3 is 39.5 Å². The Hall–Kier alpha value is -6.75. The van der Waals surface area contributed by atoms with Crippen molar-refractivity contribution in [3.05, 3.63) is 156 Å². The van der Waals surface area contributed by atoms with Crippen LogP contribution in [-0.4, -0.2) is 63.6 Å². The standard InChI is InChI=1S/C57H64N4O7/c1-37-10-6-7-22-57(37)23-19-48(68-38(2)62)30-47(64)31-52(42-17-18-54(66)55(28-42)67-3)60-35-43-14-9-16-51(50(43)36-60)61(25-21-53(65)39-11-4-5-12-39)56-29-41(20-24-59-56)49(40-13-8-15-46(63)26-40)27-44-33-58-34-45(44)32-57/h6-10,13-18,20,22,26,28-29,33-37,39,48-49,52,58-59,63,66H,4-5,11-12,19,21,23-25,27,30-32H2,1-3H3/t37-,48+,49-,52-,57-/m0/s1.